The average molecular weight is 684 g/mol. The number of hydrogen-bond acceptors (Lipinski definition) is 5. The Bertz CT molecular complexity index is 1440. The third-order valence-corrected chi connectivity index (χ3v) is 9.15. The van der Waals surface area contributed by atoms with Gasteiger partial charge in [-0.25, -0.2) is 0 Å². The Morgan fingerprint density at radius 1 is 0.612 bits per heavy atom. The SMILES string of the molecule is CC(C)CC(C(=O)CC(c1ccccc1)(c1ccccc1)c1ccccc1)C(=S)N[C@@H](CC(C)C)C(=O)N[C@@H](CC(C)C)C(=O)CC(N)=O. The van der Waals surface area contributed by atoms with Gasteiger partial charge in [-0.3, -0.25) is 19.2 Å². The standard InChI is InChI=1S/C41H53N3O4S/c1-27(2)22-33(40(49)44-35(24-29(5)6)39(48)43-34(23-28(3)4)36(45)25-38(42)47)37(46)26-41(30-16-10-7-11-17-30,31-18-12-8-13-19-31)32-20-14-9-15-21-32/h7-21,27-29,33-35H,22-26H2,1-6H3,(H2,42,47)(H,43,48)(H,44,49)/t33?,34-,35-/m0/s1. The molecule has 3 aromatic carbocycles. The van der Waals surface area contributed by atoms with Crippen molar-refractivity contribution in [2.75, 3.05) is 0 Å². The molecule has 49 heavy (non-hydrogen) atoms. The van der Waals surface area contributed by atoms with Crippen molar-refractivity contribution in [1.82, 2.24) is 10.6 Å². The number of benzene rings is 3. The molecule has 4 N–H and O–H groups in total. The molecule has 0 fully saturated rings. The van der Waals surface area contributed by atoms with Crippen LogP contribution in [-0.2, 0) is 24.6 Å². The first-order chi connectivity index (χ1) is 23.2. The van der Waals surface area contributed by atoms with E-state index >= 15 is 0 Å². The molecule has 0 aromatic heterocycles. The molecular weight excluding hydrogens is 631 g/mol. The van der Waals surface area contributed by atoms with Crippen LogP contribution in [0, 0.1) is 23.7 Å². The fourth-order valence-electron chi connectivity index (χ4n) is 6.50. The molecule has 0 aliphatic rings. The minimum atomic E-state index is -0.860. The van der Waals surface area contributed by atoms with Gasteiger partial charge in [0, 0.05) is 6.42 Å². The van der Waals surface area contributed by atoms with Crippen molar-refractivity contribution >= 4 is 40.6 Å². The Morgan fingerprint density at radius 2 is 1.02 bits per heavy atom. The average Bonchev–Trinajstić information content (AvgIpc) is 3.05. The quantitative estimate of drug-likeness (QED) is 0.0715. The molecule has 3 rings (SSSR count). The van der Waals surface area contributed by atoms with Gasteiger partial charge in [0.25, 0.3) is 0 Å². The Kier molecular flexibility index (Phi) is 14.9. The molecule has 0 saturated heterocycles. The lowest BCUT2D eigenvalue weighted by Crippen LogP contribution is -2.54. The number of thiocarbonyl (C=S) groups is 1. The molecule has 0 aliphatic carbocycles. The molecule has 262 valence electrons. The van der Waals surface area contributed by atoms with Crippen molar-refractivity contribution in [1.29, 1.82) is 0 Å². The highest BCUT2D eigenvalue weighted by atomic mass is 32.1. The van der Waals surface area contributed by atoms with E-state index < -0.39 is 47.4 Å². The van der Waals surface area contributed by atoms with Crippen LogP contribution in [0.15, 0.2) is 91.0 Å². The Morgan fingerprint density at radius 3 is 1.41 bits per heavy atom. The lowest BCUT2D eigenvalue weighted by atomic mass is 9.65. The molecule has 0 saturated carbocycles. The molecule has 3 aromatic rings. The fraction of sp³-hybridized carbons (Fsp3) is 0.439. The van der Waals surface area contributed by atoms with Crippen LogP contribution in [0.1, 0.15) is 90.3 Å². The van der Waals surface area contributed by atoms with Crippen molar-refractivity contribution in [3.05, 3.63) is 108 Å². The van der Waals surface area contributed by atoms with E-state index in [9.17, 15) is 19.2 Å². The Labute approximate surface area is 297 Å². The van der Waals surface area contributed by atoms with Crippen LogP contribution in [0.2, 0.25) is 0 Å². The monoisotopic (exact) mass is 683 g/mol. The van der Waals surface area contributed by atoms with Gasteiger partial charge in [0.2, 0.25) is 11.8 Å². The van der Waals surface area contributed by atoms with E-state index in [-0.39, 0.29) is 30.0 Å². The fourth-order valence-corrected chi connectivity index (χ4v) is 6.87. The second-order valence-corrected chi connectivity index (χ2v) is 14.8. The van der Waals surface area contributed by atoms with E-state index in [0.29, 0.717) is 24.3 Å². The van der Waals surface area contributed by atoms with Crippen molar-refractivity contribution < 1.29 is 19.2 Å². The summed E-state index contributed by atoms with van der Waals surface area (Å²) in [5.74, 6) is -1.90. The van der Waals surface area contributed by atoms with Crippen LogP contribution in [0.25, 0.3) is 0 Å². The van der Waals surface area contributed by atoms with Crippen LogP contribution in [0.3, 0.4) is 0 Å². The lowest BCUT2D eigenvalue weighted by molar-refractivity contribution is -0.132. The molecule has 1 unspecified atom stereocenters. The maximum absolute atomic E-state index is 14.8. The van der Waals surface area contributed by atoms with Gasteiger partial charge in [0.15, 0.2) is 5.78 Å². The summed E-state index contributed by atoms with van der Waals surface area (Å²) in [4.78, 5) is 53.3. The third kappa shape index (κ3) is 11.2. The number of nitrogens with two attached hydrogens (primary N) is 1. The number of nitrogens with one attached hydrogen (secondary N) is 2. The highest BCUT2D eigenvalue weighted by Gasteiger charge is 2.41. The zero-order chi connectivity index (χ0) is 36.1. The number of hydrogen-bond donors (Lipinski definition) is 3. The summed E-state index contributed by atoms with van der Waals surface area (Å²) >= 11 is 6.01. The van der Waals surface area contributed by atoms with Crippen LogP contribution >= 0.6 is 12.2 Å². The molecule has 2 amide bonds. The molecule has 3 atom stereocenters. The van der Waals surface area contributed by atoms with Gasteiger partial charge in [-0.15, -0.1) is 0 Å². The van der Waals surface area contributed by atoms with Crippen LogP contribution in [0.4, 0.5) is 0 Å². The first-order valence-corrected chi connectivity index (χ1v) is 17.8. The Balaban J connectivity index is 2.02. The zero-order valence-electron chi connectivity index (χ0n) is 29.8. The maximum atomic E-state index is 14.8. The lowest BCUT2D eigenvalue weighted by Gasteiger charge is -2.37. The first kappa shape index (κ1) is 39.3. The second kappa shape index (κ2) is 18.6. The van der Waals surface area contributed by atoms with Gasteiger partial charge in [-0.2, -0.15) is 0 Å². The van der Waals surface area contributed by atoms with Gasteiger partial charge < -0.3 is 16.4 Å². The molecule has 7 nitrogen and oxygen atoms in total. The summed E-state index contributed by atoms with van der Waals surface area (Å²) in [5.41, 5.74) is 7.51. The summed E-state index contributed by atoms with van der Waals surface area (Å²) in [7, 11) is 0. The zero-order valence-corrected chi connectivity index (χ0v) is 30.6. The van der Waals surface area contributed by atoms with Gasteiger partial charge in [-0.1, -0.05) is 145 Å². The number of rotatable bonds is 19. The van der Waals surface area contributed by atoms with Crippen LogP contribution < -0.4 is 16.4 Å². The number of amides is 2. The van der Waals surface area contributed by atoms with E-state index in [0.717, 1.165) is 16.7 Å². The van der Waals surface area contributed by atoms with Crippen LogP contribution in [-0.4, -0.2) is 40.5 Å². The predicted octanol–water partition coefficient (Wildman–Crippen LogP) is 6.95. The Hall–Kier alpha value is -4.17. The molecule has 0 aliphatic heterocycles. The number of carbonyl (C=O) groups excluding carboxylic acids is 4. The topological polar surface area (TPSA) is 118 Å². The minimum absolute atomic E-state index is 0.0271. The molecular formula is C41H53N3O4S. The minimum Gasteiger partial charge on any atom is -0.369 e. The van der Waals surface area contributed by atoms with E-state index in [1.54, 1.807) is 0 Å². The normalized spacial score (nSPS) is 13.5. The highest BCUT2D eigenvalue weighted by molar-refractivity contribution is 7.80. The summed E-state index contributed by atoms with van der Waals surface area (Å²) in [6.07, 6.45) is 1.00. The summed E-state index contributed by atoms with van der Waals surface area (Å²) in [5, 5.41) is 6.15. The largest absolute Gasteiger partial charge is 0.369 e. The van der Waals surface area contributed by atoms with Gasteiger partial charge in [0.1, 0.15) is 11.8 Å². The molecule has 0 bridgehead atoms. The number of carbonyl (C=O) groups is 4. The van der Waals surface area contributed by atoms with E-state index in [2.05, 4.69) is 60.9 Å². The number of Topliss-reactive ketones (excluding diaryl/α,β-unsaturated/α-hetero) is 2. The second-order valence-electron chi connectivity index (χ2n) is 14.3. The molecule has 0 radical (unpaired) electrons. The van der Waals surface area contributed by atoms with E-state index in [4.69, 9.17) is 18.0 Å². The summed E-state index contributed by atoms with van der Waals surface area (Å²) in [6.45, 7) is 12.0. The smallest absolute Gasteiger partial charge is 0.243 e. The van der Waals surface area contributed by atoms with Gasteiger partial charge >= 0.3 is 0 Å². The van der Waals surface area contributed by atoms with Gasteiger partial charge in [-0.05, 0) is 53.7 Å². The summed E-state index contributed by atoms with van der Waals surface area (Å²) in [6, 6.07) is 28.6. The predicted molar refractivity (Wildman–Crippen MR) is 201 cm³/mol. The van der Waals surface area contributed by atoms with Crippen molar-refractivity contribution in [2.45, 2.75) is 91.1 Å². The van der Waals surface area contributed by atoms with E-state index in [1.165, 1.54) is 0 Å². The molecule has 0 heterocycles. The first-order valence-electron chi connectivity index (χ1n) is 17.4. The van der Waals surface area contributed by atoms with Crippen LogP contribution in [0.5, 0.6) is 0 Å². The maximum Gasteiger partial charge on any atom is 0.243 e. The van der Waals surface area contributed by atoms with Gasteiger partial charge in [0.05, 0.1) is 28.8 Å². The van der Waals surface area contributed by atoms with Crippen molar-refractivity contribution in [3.8, 4) is 0 Å². The molecule has 8 heteroatoms. The highest BCUT2D eigenvalue weighted by Crippen LogP contribution is 2.43. The third-order valence-electron chi connectivity index (χ3n) is 8.75. The summed E-state index contributed by atoms with van der Waals surface area (Å²) < 4.78 is 0. The van der Waals surface area contributed by atoms with Crippen molar-refractivity contribution in [2.24, 2.45) is 29.4 Å². The number of primary amides is 1. The van der Waals surface area contributed by atoms with Crippen molar-refractivity contribution in [3.63, 3.8) is 0 Å². The number of ketones is 2. The molecule has 0 spiro atoms. The van der Waals surface area contributed by atoms with E-state index in [1.807, 2.05) is 82.3 Å².